The van der Waals surface area contributed by atoms with E-state index in [1.54, 1.807) is 0 Å². The Labute approximate surface area is 103 Å². The lowest BCUT2D eigenvalue weighted by atomic mass is 10.2. The van der Waals surface area contributed by atoms with Crippen molar-refractivity contribution < 1.29 is 19.0 Å². The molecule has 0 spiro atoms. The molecule has 1 saturated heterocycles. The van der Waals surface area contributed by atoms with Crippen LogP contribution in [0.1, 0.15) is 41.5 Å². The van der Waals surface area contributed by atoms with Gasteiger partial charge in [0.05, 0.1) is 12.6 Å². The van der Waals surface area contributed by atoms with Gasteiger partial charge in [0.15, 0.2) is 5.79 Å². The Morgan fingerprint density at radius 3 is 2.47 bits per heavy atom. The van der Waals surface area contributed by atoms with Gasteiger partial charge in [-0.2, -0.15) is 0 Å². The summed E-state index contributed by atoms with van der Waals surface area (Å²) in [5.74, 6) is -0.575. The van der Waals surface area contributed by atoms with Crippen LogP contribution in [0.3, 0.4) is 0 Å². The van der Waals surface area contributed by atoms with Crippen molar-refractivity contribution in [2.75, 3.05) is 6.61 Å². The fraction of sp³-hybridized carbons (Fsp3) is 0.917. The first-order valence-electron chi connectivity index (χ1n) is 5.90. The molecule has 2 unspecified atom stereocenters. The lowest BCUT2D eigenvalue weighted by Gasteiger charge is -2.24. The zero-order chi connectivity index (χ0) is 13.3. The lowest BCUT2D eigenvalue weighted by molar-refractivity contribution is -0.141. The third-order valence-electron chi connectivity index (χ3n) is 2.33. The highest BCUT2D eigenvalue weighted by Gasteiger charge is 2.36. The maximum atomic E-state index is 11.6. The van der Waals surface area contributed by atoms with E-state index < -0.39 is 17.5 Å². The maximum Gasteiger partial charge on any atom is 0.407 e. The minimum absolute atomic E-state index is 0.141. The molecule has 1 fully saturated rings. The van der Waals surface area contributed by atoms with E-state index in [1.165, 1.54) is 0 Å². The van der Waals surface area contributed by atoms with Crippen LogP contribution >= 0.6 is 0 Å². The summed E-state index contributed by atoms with van der Waals surface area (Å²) in [5.41, 5.74) is -0.490. The van der Waals surface area contributed by atoms with Crippen molar-refractivity contribution in [2.24, 2.45) is 0 Å². The van der Waals surface area contributed by atoms with Crippen LogP contribution in [0.2, 0.25) is 0 Å². The number of nitrogens with one attached hydrogen (secondary N) is 1. The molecule has 1 aliphatic rings. The van der Waals surface area contributed by atoms with E-state index in [-0.39, 0.29) is 12.1 Å². The quantitative estimate of drug-likeness (QED) is 0.809. The van der Waals surface area contributed by atoms with E-state index in [1.807, 2.05) is 41.5 Å². The van der Waals surface area contributed by atoms with Gasteiger partial charge in [-0.3, -0.25) is 0 Å². The van der Waals surface area contributed by atoms with Gasteiger partial charge in [-0.15, -0.1) is 0 Å². The summed E-state index contributed by atoms with van der Waals surface area (Å²) in [7, 11) is 0. The fourth-order valence-electron chi connectivity index (χ4n) is 1.55. The molecule has 0 aliphatic carbocycles. The fourth-order valence-corrected chi connectivity index (χ4v) is 1.55. The molecule has 1 rings (SSSR count). The smallest absolute Gasteiger partial charge is 0.407 e. The van der Waals surface area contributed by atoms with Crippen molar-refractivity contribution in [3.8, 4) is 0 Å². The summed E-state index contributed by atoms with van der Waals surface area (Å²) in [6.07, 6.45) is -0.573. The molecule has 0 aromatic heterocycles. The molecule has 0 aromatic carbocycles. The molecule has 1 amide bonds. The largest absolute Gasteiger partial charge is 0.444 e. The summed E-state index contributed by atoms with van der Waals surface area (Å²) < 4.78 is 16.3. The van der Waals surface area contributed by atoms with Crippen LogP contribution in [-0.2, 0) is 14.2 Å². The van der Waals surface area contributed by atoms with Crippen LogP contribution < -0.4 is 5.32 Å². The van der Waals surface area contributed by atoms with Crippen molar-refractivity contribution in [2.45, 2.75) is 65.1 Å². The van der Waals surface area contributed by atoms with Crippen LogP contribution in [0.15, 0.2) is 0 Å². The molecule has 0 aromatic rings. The molecular weight excluding hydrogens is 222 g/mol. The number of amides is 1. The Hall–Kier alpha value is -0.810. The van der Waals surface area contributed by atoms with Gasteiger partial charge < -0.3 is 19.5 Å². The lowest BCUT2D eigenvalue weighted by Crippen LogP contribution is -2.45. The highest BCUT2D eigenvalue weighted by molar-refractivity contribution is 5.68. The van der Waals surface area contributed by atoms with Gasteiger partial charge in [0, 0.05) is 0 Å². The number of ether oxygens (including phenoxy) is 3. The molecule has 5 heteroatoms. The van der Waals surface area contributed by atoms with Crippen molar-refractivity contribution in [3.05, 3.63) is 0 Å². The summed E-state index contributed by atoms with van der Waals surface area (Å²) in [6, 6.07) is -0.147. The summed E-state index contributed by atoms with van der Waals surface area (Å²) in [5, 5.41) is 2.75. The molecule has 5 nitrogen and oxygen atoms in total. The summed E-state index contributed by atoms with van der Waals surface area (Å²) in [6.45, 7) is 11.5. The second-order valence-corrected chi connectivity index (χ2v) is 5.80. The van der Waals surface area contributed by atoms with Crippen molar-refractivity contribution in [1.29, 1.82) is 0 Å². The van der Waals surface area contributed by atoms with Gasteiger partial charge in [0.1, 0.15) is 11.7 Å². The van der Waals surface area contributed by atoms with Crippen LogP contribution in [0, 0.1) is 0 Å². The predicted octanol–water partition coefficient (Wildman–Crippen LogP) is 2.05. The van der Waals surface area contributed by atoms with Gasteiger partial charge in [0.25, 0.3) is 0 Å². The monoisotopic (exact) mass is 245 g/mol. The molecule has 100 valence electrons. The van der Waals surface area contributed by atoms with Gasteiger partial charge in [0.2, 0.25) is 0 Å². The highest BCUT2D eigenvalue weighted by atomic mass is 16.7. The third-order valence-corrected chi connectivity index (χ3v) is 2.33. The molecule has 0 radical (unpaired) electrons. The maximum absolute atomic E-state index is 11.6. The van der Waals surface area contributed by atoms with E-state index in [9.17, 15) is 4.79 Å². The Bertz CT molecular complexity index is 283. The average molecular weight is 245 g/mol. The first-order chi connectivity index (χ1) is 7.59. The molecule has 17 heavy (non-hydrogen) atoms. The van der Waals surface area contributed by atoms with Crippen molar-refractivity contribution in [3.63, 3.8) is 0 Å². The Morgan fingerprint density at radius 1 is 1.47 bits per heavy atom. The second-order valence-electron chi connectivity index (χ2n) is 5.80. The van der Waals surface area contributed by atoms with Gasteiger partial charge in [-0.1, -0.05) is 0 Å². The molecule has 0 bridgehead atoms. The van der Waals surface area contributed by atoms with Crippen LogP contribution in [0.4, 0.5) is 4.79 Å². The Morgan fingerprint density at radius 2 is 2.06 bits per heavy atom. The van der Waals surface area contributed by atoms with Crippen LogP contribution in [0.25, 0.3) is 0 Å². The van der Waals surface area contributed by atoms with E-state index in [4.69, 9.17) is 14.2 Å². The van der Waals surface area contributed by atoms with Gasteiger partial charge in [-0.25, -0.2) is 4.79 Å². The molecule has 1 aliphatic heterocycles. The van der Waals surface area contributed by atoms with E-state index in [0.29, 0.717) is 6.61 Å². The topological polar surface area (TPSA) is 56.8 Å². The number of carbonyl (C=O) groups is 1. The molecule has 1 heterocycles. The van der Waals surface area contributed by atoms with Crippen molar-refractivity contribution in [1.82, 2.24) is 5.32 Å². The standard InChI is InChI=1S/C12H23NO4/c1-8(9-7-15-12(5,6)16-9)13-10(14)17-11(2,3)4/h8-9H,7H2,1-6H3,(H,13,14). The highest BCUT2D eigenvalue weighted by Crippen LogP contribution is 2.24. The zero-order valence-corrected chi connectivity index (χ0v) is 11.5. The SMILES string of the molecule is CC(NC(=O)OC(C)(C)C)C1COC(C)(C)O1. The van der Waals surface area contributed by atoms with Crippen LogP contribution in [0.5, 0.6) is 0 Å². The normalized spacial score (nSPS) is 25.4. The summed E-state index contributed by atoms with van der Waals surface area (Å²) >= 11 is 0. The minimum atomic E-state index is -0.575. The first kappa shape index (κ1) is 14.3. The van der Waals surface area contributed by atoms with Gasteiger partial charge >= 0.3 is 6.09 Å². The summed E-state index contributed by atoms with van der Waals surface area (Å²) in [4.78, 5) is 11.6. The number of hydrogen-bond donors (Lipinski definition) is 1. The molecule has 2 atom stereocenters. The number of rotatable bonds is 2. The number of carbonyl (C=O) groups excluding carboxylic acids is 1. The zero-order valence-electron chi connectivity index (χ0n) is 11.5. The van der Waals surface area contributed by atoms with E-state index >= 15 is 0 Å². The predicted molar refractivity (Wildman–Crippen MR) is 63.7 cm³/mol. The molecule has 0 saturated carbocycles. The van der Waals surface area contributed by atoms with E-state index in [0.717, 1.165) is 0 Å². The Balaban J connectivity index is 2.40. The van der Waals surface area contributed by atoms with E-state index in [2.05, 4.69) is 5.32 Å². The minimum Gasteiger partial charge on any atom is -0.444 e. The third kappa shape index (κ3) is 4.91. The van der Waals surface area contributed by atoms with Gasteiger partial charge in [-0.05, 0) is 41.5 Å². The average Bonchev–Trinajstić information content (AvgIpc) is 2.42. The molecular formula is C12H23NO4. The van der Waals surface area contributed by atoms with Crippen molar-refractivity contribution >= 4 is 6.09 Å². The van der Waals surface area contributed by atoms with Crippen LogP contribution in [-0.4, -0.2) is 36.2 Å². The first-order valence-corrected chi connectivity index (χ1v) is 5.90. The number of hydrogen-bond acceptors (Lipinski definition) is 4. The number of alkyl carbamates (subject to hydrolysis) is 1. The molecule has 1 N–H and O–H groups in total. The second kappa shape index (κ2) is 4.82. The Kier molecular flexibility index (Phi) is 4.04.